The van der Waals surface area contributed by atoms with Crippen molar-refractivity contribution < 1.29 is 13.7 Å². The number of nitrogens with zero attached hydrogens (tertiary/aromatic N) is 5. The SMILES string of the molecule is N#CCc1cnc2c(C(=O)Nc3cnccc3OC3CCS(=O)CC3)c(N)nn2c1. The van der Waals surface area contributed by atoms with Crippen LogP contribution in [-0.2, 0) is 17.2 Å². The lowest BCUT2D eigenvalue weighted by atomic mass is 10.2. The molecule has 1 amide bonds. The maximum atomic E-state index is 12.9. The molecular formula is C19H19N7O3S. The Balaban J connectivity index is 1.57. The highest BCUT2D eigenvalue weighted by Gasteiger charge is 2.23. The molecule has 0 aromatic carbocycles. The summed E-state index contributed by atoms with van der Waals surface area (Å²) in [6.45, 7) is 0. The van der Waals surface area contributed by atoms with Crippen molar-refractivity contribution in [3.8, 4) is 11.8 Å². The Kier molecular flexibility index (Phi) is 5.58. The third-order valence-electron chi connectivity index (χ3n) is 4.72. The van der Waals surface area contributed by atoms with E-state index in [1.165, 1.54) is 16.9 Å². The summed E-state index contributed by atoms with van der Waals surface area (Å²) in [4.78, 5) is 21.2. The first-order valence-corrected chi connectivity index (χ1v) is 10.8. The van der Waals surface area contributed by atoms with Gasteiger partial charge in [0, 0.05) is 52.5 Å². The van der Waals surface area contributed by atoms with Gasteiger partial charge in [-0.2, -0.15) is 5.26 Å². The first-order chi connectivity index (χ1) is 14.5. The number of amides is 1. The Bertz CT molecular complexity index is 1160. The molecule has 154 valence electrons. The van der Waals surface area contributed by atoms with E-state index in [9.17, 15) is 9.00 Å². The van der Waals surface area contributed by atoms with Crippen LogP contribution in [0.3, 0.4) is 0 Å². The average molecular weight is 425 g/mol. The number of hydrogen-bond donors (Lipinski definition) is 2. The molecule has 1 aliphatic heterocycles. The maximum absolute atomic E-state index is 12.9. The van der Waals surface area contributed by atoms with Crippen molar-refractivity contribution in [2.45, 2.75) is 25.4 Å². The summed E-state index contributed by atoms with van der Waals surface area (Å²) >= 11 is 0. The van der Waals surface area contributed by atoms with Crippen molar-refractivity contribution in [3.63, 3.8) is 0 Å². The molecule has 0 bridgehead atoms. The van der Waals surface area contributed by atoms with Gasteiger partial charge in [-0.3, -0.25) is 14.0 Å². The van der Waals surface area contributed by atoms with E-state index < -0.39 is 16.7 Å². The van der Waals surface area contributed by atoms with Crippen LogP contribution in [0.1, 0.15) is 28.8 Å². The van der Waals surface area contributed by atoms with Gasteiger partial charge in [-0.15, -0.1) is 5.10 Å². The van der Waals surface area contributed by atoms with Gasteiger partial charge in [0.1, 0.15) is 23.1 Å². The number of nitrogens with one attached hydrogen (secondary N) is 1. The molecule has 0 aliphatic carbocycles. The monoisotopic (exact) mass is 425 g/mol. The maximum Gasteiger partial charge on any atom is 0.263 e. The number of fused-ring (bicyclic) bond motifs is 1. The van der Waals surface area contributed by atoms with Crippen molar-refractivity contribution >= 4 is 33.9 Å². The fourth-order valence-electron chi connectivity index (χ4n) is 3.22. The number of rotatable bonds is 5. The second kappa shape index (κ2) is 8.46. The summed E-state index contributed by atoms with van der Waals surface area (Å²) in [5, 5.41) is 15.7. The first-order valence-electron chi connectivity index (χ1n) is 9.32. The molecule has 0 spiro atoms. The molecular weight excluding hydrogens is 406 g/mol. The van der Waals surface area contributed by atoms with Crippen LogP contribution < -0.4 is 15.8 Å². The van der Waals surface area contributed by atoms with Gasteiger partial charge in [0.25, 0.3) is 5.91 Å². The highest BCUT2D eigenvalue weighted by atomic mass is 32.2. The number of aromatic nitrogens is 4. The standard InChI is InChI=1S/C19H19N7O3S/c20-5-1-12-9-23-18-16(17(21)25-26(18)11-12)19(27)24-14-10-22-6-2-15(14)29-13-3-7-30(28)8-4-13/h2,6,9-11,13H,1,3-4,7-8H2,(H2,21,25)(H,24,27). The predicted molar refractivity (Wildman–Crippen MR) is 110 cm³/mol. The van der Waals surface area contributed by atoms with Crippen LogP contribution in [0.25, 0.3) is 5.65 Å². The Morgan fingerprint density at radius 2 is 2.20 bits per heavy atom. The zero-order chi connectivity index (χ0) is 21.1. The van der Waals surface area contributed by atoms with Crippen LogP contribution in [0.15, 0.2) is 30.9 Å². The minimum absolute atomic E-state index is 0.0234. The fourth-order valence-corrected chi connectivity index (χ4v) is 4.48. The third-order valence-corrected chi connectivity index (χ3v) is 6.10. The lowest BCUT2D eigenvalue weighted by Gasteiger charge is -2.23. The molecule has 11 heteroatoms. The van der Waals surface area contributed by atoms with Crippen LogP contribution in [-0.4, -0.2) is 47.3 Å². The summed E-state index contributed by atoms with van der Waals surface area (Å²) in [5.74, 6) is 1.22. The number of nitrogens with two attached hydrogens (primary N) is 1. The van der Waals surface area contributed by atoms with E-state index in [1.54, 1.807) is 18.5 Å². The topological polar surface area (TPSA) is 148 Å². The van der Waals surface area contributed by atoms with Crippen molar-refractivity contribution in [1.29, 1.82) is 5.26 Å². The number of nitriles is 1. The van der Waals surface area contributed by atoms with Gasteiger partial charge < -0.3 is 15.8 Å². The molecule has 1 fully saturated rings. The molecule has 1 saturated heterocycles. The van der Waals surface area contributed by atoms with Crippen LogP contribution >= 0.6 is 0 Å². The van der Waals surface area contributed by atoms with E-state index in [2.05, 4.69) is 20.4 Å². The third kappa shape index (κ3) is 4.08. The zero-order valence-corrected chi connectivity index (χ0v) is 16.8. The van der Waals surface area contributed by atoms with Crippen molar-refractivity contribution in [1.82, 2.24) is 19.6 Å². The highest BCUT2D eigenvalue weighted by Crippen LogP contribution is 2.28. The van der Waals surface area contributed by atoms with E-state index in [0.717, 1.165) is 0 Å². The molecule has 10 nitrogen and oxygen atoms in total. The molecule has 3 aromatic rings. The Hall–Kier alpha value is -3.52. The first kappa shape index (κ1) is 19.8. The number of carbonyl (C=O) groups is 1. The van der Waals surface area contributed by atoms with Crippen molar-refractivity contribution in [2.24, 2.45) is 0 Å². The molecule has 0 atom stereocenters. The van der Waals surface area contributed by atoms with Crippen LogP contribution in [0.2, 0.25) is 0 Å². The van der Waals surface area contributed by atoms with E-state index in [0.29, 0.717) is 41.3 Å². The van der Waals surface area contributed by atoms with Crippen LogP contribution in [0, 0.1) is 11.3 Å². The number of anilines is 2. The zero-order valence-electron chi connectivity index (χ0n) is 15.9. The van der Waals surface area contributed by atoms with Crippen molar-refractivity contribution in [2.75, 3.05) is 22.6 Å². The fraction of sp³-hybridized carbons (Fsp3) is 0.316. The van der Waals surface area contributed by atoms with E-state index in [4.69, 9.17) is 15.7 Å². The summed E-state index contributed by atoms with van der Waals surface area (Å²) < 4.78 is 19.0. The summed E-state index contributed by atoms with van der Waals surface area (Å²) in [6, 6.07) is 3.71. The molecule has 0 radical (unpaired) electrons. The Labute approximate surface area is 174 Å². The van der Waals surface area contributed by atoms with Gasteiger partial charge in [-0.1, -0.05) is 0 Å². The lowest BCUT2D eigenvalue weighted by Crippen LogP contribution is -2.28. The van der Waals surface area contributed by atoms with Crippen LogP contribution in [0.5, 0.6) is 5.75 Å². The number of hydrogen-bond acceptors (Lipinski definition) is 8. The Morgan fingerprint density at radius 1 is 1.40 bits per heavy atom. The van der Waals surface area contributed by atoms with E-state index in [-0.39, 0.29) is 29.6 Å². The van der Waals surface area contributed by atoms with E-state index in [1.807, 2.05) is 6.07 Å². The quantitative estimate of drug-likeness (QED) is 0.622. The minimum atomic E-state index is -0.783. The summed E-state index contributed by atoms with van der Waals surface area (Å²) in [5.41, 5.74) is 7.43. The lowest BCUT2D eigenvalue weighted by molar-refractivity contribution is 0.102. The second-order valence-electron chi connectivity index (χ2n) is 6.82. The number of nitrogen functional groups attached to an aromatic ring is 1. The largest absolute Gasteiger partial charge is 0.488 e. The van der Waals surface area contributed by atoms with Gasteiger partial charge in [0.2, 0.25) is 0 Å². The molecule has 30 heavy (non-hydrogen) atoms. The summed E-state index contributed by atoms with van der Waals surface area (Å²) in [7, 11) is -0.783. The van der Waals surface area contributed by atoms with Crippen molar-refractivity contribution in [3.05, 3.63) is 42.0 Å². The summed E-state index contributed by atoms with van der Waals surface area (Å²) in [6.07, 6.45) is 7.70. The van der Waals surface area contributed by atoms with E-state index >= 15 is 0 Å². The molecule has 4 heterocycles. The number of carbonyl (C=O) groups excluding carboxylic acids is 1. The molecule has 4 rings (SSSR count). The smallest absolute Gasteiger partial charge is 0.263 e. The van der Waals surface area contributed by atoms with Crippen LogP contribution in [0.4, 0.5) is 11.5 Å². The second-order valence-corrected chi connectivity index (χ2v) is 8.51. The minimum Gasteiger partial charge on any atom is -0.488 e. The number of pyridine rings is 1. The average Bonchev–Trinajstić information content (AvgIpc) is 3.06. The normalized spacial score (nSPS) is 18.6. The molecule has 3 N–H and O–H groups in total. The van der Waals surface area contributed by atoms with Gasteiger partial charge in [0.05, 0.1) is 18.7 Å². The van der Waals surface area contributed by atoms with Gasteiger partial charge in [-0.05, 0) is 12.8 Å². The predicted octanol–water partition coefficient (Wildman–Crippen LogP) is 1.31. The highest BCUT2D eigenvalue weighted by molar-refractivity contribution is 7.85. The molecule has 0 saturated carbocycles. The van der Waals surface area contributed by atoms with Gasteiger partial charge >= 0.3 is 0 Å². The Morgan fingerprint density at radius 3 is 2.97 bits per heavy atom. The molecule has 1 aliphatic rings. The molecule has 0 unspecified atom stereocenters. The van der Waals surface area contributed by atoms with Gasteiger partial charge in [0.15, 0.2) is 11.5 Å². The van der Waals surface area contributed by atoms with Gasteiger partial charge in [-0.25, -0.2) is 9.50 Å². The number of ether oxygens (including phenoxy) is 1. The molecule has 3 aromatic heterocycles.